The highest BCUT2D eigenvalue weighted by molar-refractivity contribution is 5.97. The van der Waals surface area contributed by atoms with Gasteiger partial charge in [-0.25, -0.2) is 4.79 Å². The molecule has 0 spiro atoms. The average molecular weight is 384 g/mol. The molecule has 0 unspecified atom stereocenters. The van der Waals surface area contributed by atoms with E-state index in [1.807, 2.05) is 48.5 Å². The molecule has 5 heteroatoms. The van der Waals surface area contributed by atoms with Crippen LogP contribution in [0.3, 0.4) is 0 Å². The molecule has 2 rings (SSSR count). The molecule has 2 aromatic carbocycles. The third-order valence-electron chi connectivity index (χ3n) is 4.14. The zero-order chi connectivity index (χ0) is 20.2. The van der Waals surface area contributed by atoms with E-state index in [1.165, 1.54) is 13.2 Å². The van der Waals surface area contributed by atoms with Crippen LogP contribution in [0.1, 0.15) is 37.3 Å². The van der Waals surface area contributed by atoms with Gasteiger partial charge in [-0.3, -0.25) is 0 Å². The molecule has 0 saturated heterocycles. The molecule has 0 N–H and O–H groups in total. The average Bonchev–Trinajstić information content (AvgIpc) is 2.74. The van der Waals surface area contributed by atoms with Gasteiger partial charge in [0.1, 0.15) is 11.5 Å². The molecule has 150 valence electrons. The molecule has 0 aliphatic heterocycles. The second-order valence-corrected chi connectivity index (χ2v) is 6.21. The molecule has 0 saturated carbocycles. The summed E-state index contributed by atoms with van der Waals surface area (Å²) in [4.78, 5) is 12.0. The van der Waals surface area contributed by atoms with E-state index in [-0.39, 0.29) is 6.79 Å². The first-order valence-corrected chi connectivity index (χ1v) is 9.43. The van der Waals surface area contributed by atoms with Crippen LogP contribution < -0.4 is 9.47 Å². The number of hydrogen-bond acceptors (Lipinski definition) is 5. The standard InChI is InChI=1S/C23H28O5/c1-4-5-9-14-27-19-12-13-22(28-17-25-2)21(15-19)20(16-23(24)26-3)18-10-7-6-8-11-18/h6-8,10-13,15-16H,4-5,9,14,17H2,1-3H3. The van der Waals surface area contributed by atoms with Crippen molar-refractivity contribution in [1.82, 2.24) is 0 Å². The maximum Gasteiger partial charge on any atom is 0.331 e. The quantitative estimate of drug-likeness (QED) is 0.240. The van der Waals surface area contributed by atoms with Crippen LogP contribution in [0.4, 0.5) is 0 Å². The smallest absolute Gasteiger partial charge is 0.331 e. The van der Waals surface area contributed by atoms with Gasteiger partial charge >= 0.3 is 5.97 Å². The van der Waals surface area contributed by atoms with Crippen molar-refractivity contribution in [3.63, 3.8) is 0 Å². The SMILES string of the molecule is CCCCCOc1ccc(OCOC)c(C(=CC(=O)OC)c2ccccc2)c1. The minimum atomic E-state index is -0.439. The number of carbonyl (C=O) groups excluding carboxylic acids is 1. The first-order chi connectivity index (χ1) is 13.7. The summed E-state index contributed by atoms with van der Waals surface area (Å²) in [5.41, 5.74) is 2.30. The van der Waals surface area contributed by atoms with E-state index >= 15 is 0 Å². The van der Waals surface area contributed by atoms with E-state index in [1.54, 1.807) is 7.11 Å². The van der Waals surface area contributed by atoms with Crippen molar-refractivity contribution in [3.05, 3.63) is 65.7 Å². The van der Waals surface area contributed by atoms with Crippen molar-refractivity contribution < 1.29 is 23.7 Å². The molecule has 0 radical (unpaired) electrons. The number of carbonyl (C=O) groups is 1. The lowest BCUT2D eigenvalue weighted by Crippen LogP contribution is -2.05. The van der Waals surface area contributed by atoms with E-state index in [9.17, 15) is 4.79 Å². The molecule has 0 bridgehead atoms. The molecule has 0 aliphatic rings. The van der Waals surface area contributed by atoms with Crippen LogP contribution in [0.25, 0.3) is 5.57 Å². The Morgan fingerprint density at radius 1 is 1.00 bits per heavy atom. The summed E-state index contributed by atoms with van der Waals surface area (Å²) in [6.45, 7) is 2.90. The highest BCUT2D eigenvalue weighted by Crippen LogP contribution is 2.34. The molecule has 2 aromatic rings. The minimum absolute atomic E-state index is 0.101. The summed E-state index contributed by atoms with van der Waals surface area (Å²) < 4.78 is 21.5. The Kier molecular flexibility index (Phi) is 9.08. The number of unbranched alkanes of at least 4 members (excludes halogenated alkanes) is 2. The van der Waals surface area contributed by atoms with Gasteiger partial charge in [0.2, 0.25) is 0 Å². The van der Waals surface area contributed by atoms with Gasteiger partial charge < -0.3 is 18.9 Å². The Hall–Kier alpha value is -2.79. The minimum Gasteiger partial charge on any atom is -0.494 e. The van der Waals surface area contributed by atoms with Crippen molar-refractivity contribution in [2.45, 2.75) is 26.2 Å². The predicted octanol–water partition coefficient (Wildman–Crippen LogP) is 4.84. The monoisotopic (exact) mass is 384 g/mol. The van der Waals surface area contributed by atoms with Crippen molar-refractivity contribution in [2.24, 2.45) is 0 Å². The van der Waals surface area contributed by atoms with Crippen molar-refractivity contribution in [3.8, 4) is 11.5 Å². The predicted molar refractivity (Wildman–Crippen MR) is 110 cm³/mol. The lowest BCUT2D eigenvalue weighted by atomic mass is 9.96. The maximum absolute atomic E-state index is 12.0. The Balaban J connectivity index is 2.45. The number of benzene rings is 2. The number of hydrogen-bond donors (Lipinski definition) is 0. The van der Waals surface area contributed by atoms with Crippen LogP contribution in [-0.4, -0.2) is 33.6 Å². The first-order valence-electron chi connectivity index (χ1n) is 9.43. The summed E-state index contributed by atoms with van der Waals surface area (Å²) in [7, 11) is 2.92. The normalized spacial score (nSPS) is 11.2. The highest BCUT2D eigenvalue weighted by atomic mass is 16.7. The summed E-state index contributed by atoms with van der Waals surface area (Å²) in [6.07, 6.45) is 4.72. The van der Waals surface area contributed by atoms with Gasteiger partial charge in [-0.05, 0) is 35.8 Å². The summed E-state index contributed by atoms with van der Waals surface area (Å²) >= 11 is 0. The fourth-order valence-electron chi connectivity index (χ4n) is 2.71. The molecule has 5 nitrogen and oxygen atoms in total. The Morgan fingerprint density at radius 2 is 1.79 bits per heavy atom. The van der Waals surface area contributed by atoms with Gasteiger partial charge in [0.15, 0.2) is 6.79 Å². The van der Waals surface area contributed by atoms with Gasteiger partial charge in [0.25, 0.3) is 0 Å². The molecule has 0 aromatic heterocycles. The van der Waals surface area contributed by atoms with E-state index in [2.05, 4.69) is 6.92 Å². The zero-order valence-corrected chi connectivity index (χ0v) is 16.8. The number of methoxy groups -OCH3 is 2. The summed E-state index contributed by atoms with van der Waals surface area (Å²) in [5.74, 6) is 0.884. The molecular weight excluding hydrogens is 356 g/mol. The molecule has 28 heavy (non-hydrogen) atoms. The van der Waals surface area contributed by atoms with E-state index in [0.717, 1.165) is 36.1 Å². The van der Waals surface area contributed by atoms with E-state index in [4.69, 9.17) is 18.9 Å². The number of rotatable bonds is 11. The molecule has 0 aliphatic carbocycles. The maximum atomic E-state index is 12.0. The number of ether oxygens (including phenoxy) is 4. The fourth-order valence-corrected chi connectivity index (χ4v) is 2.71. The molecule has 0 atom stereocenters. The van der Waals surface area contributed by atoms with Gasteiger partial charge in [-0.2, -0.15) is 0 Å². The van der Waals surface area contributed by atoms with Gasteiger partial charge in [0, 0.05) is 18.7 Å². The van der Waals surface area contributed by atoms with Crippen molar-refractivity contribution in [2.75, 3.05) is 27.6 Å². The van der Waals surface area contributed by atoms with Gasteiger partial charge in [0.05, 0.1) is 13.7 Å². The molecule has 0 heterocycles. The van der Waals surface area contributed by atoms with E-state index in [0.29, 0.717) is 17.9 Å². The van der Waals surface area contributed by atoms with Crippen LogP contribution in [0, 0.1) is 0 Å². The lowest BCUT2D eigenvalue weighted by molar-refractivity contribution is -0.134. The third-order valence-corrected chi connectivity index (χ3v) is 4.14. The van der Waals surface area contributed by atoms with Crippen LogP contribution >= 0.6 is 0 Å². The van der Waals surface area contributed by atoms with Crippen molar-refractivity contribution in [1.29, 1.82) is 0 Å². The van der Waals surface area contributed by atoms with Crippen LogP contribution in [-0.2, 0) is 14.3 Å². The van der Waals surface area contributed by atoms with E-state index < -0.39 is 5.97 Å². The number of esters is 1. The Labute approximate surface area is 166 Å². The second kappa shape index (κ2) is 11.8. The van der Waals surface area contributed by atoms with Gasteiger partial charge in [-0.1, -0.05) is 50.1 Å². The fraction of sp³-hybridized carbons (Fsp3) is 0.348. The largest absolute Gasteiger partial charge is 0.494 e. The van der Waals surface area contributed by atoms with Crippen molar-refractivity contribution >= 4 is 11.5 Å². The Morgan fingerprint density at radius 3 is 2.46 bits per heavy atom. The second-order valence-electron chi connectivity index (χ2n) is 6.21. The molecular formula is C23H28O5. The van der Waals surface area contributed by atoms with Crippen LogP contribution in [0.5, 0.6) is 11.5 Å². The van der Waals surface area contributed by atoms with Gasteiger partial charge in [-0.15, -0.1) is 0 Å². The van der Waals surface area contributed by atoms with Crippen LogP contribution in [0.2, 0.25) is 0 Å². The van der Waals surface area contributed by atoms with Crippen LogP contribution in [0.15, 0.2) is 54.6 Å². The molecule has 0 amide bonds. The summed E-state index contributed by atoms with van der Waals surface area (Å²) in [5, 5.41) is 0. The third kappa shape index (κ3) is 6.43. The molecule has 0 fully saturated rings. The lowest BCUT2D eigenvalue weighted by Gasteiger charge is -2.16. The zero-order valence-electron chi connectivity index (χ0n) is 16.8. The Bertz CT molecular complexity index is 768. The first kappa shape index (κ1) is 21.5. The highest BCUT2D eigenvalue weighted by Gasteiger charge is 2.15. The topological polar surface area (TPSA) is 54.0 Å². The summed E-state index contributed by atoms with van der Waals surface area (Å²) in [6, 6.07) is 15.2.